The number of carbonyl (C=O) groups is 1. The van der Waals surface area contributed by atoms with Gasteiger partial charge in [0.1, 0.15) is 18.2 Å². The summed E-state index contributed by atoms with van der Waals surface area (Å²) >= 11 is 8.08. The molecular formula is C40H42ClN7O4S. The third-order valence-electron chi connectivity index (χ3n) is 8.71. The van der Waals surface area contributed by atoms with Crippen molar-refractivity contribution in [3.05, 3.63) is 113 Å². The van der Waals surface area contributed by atoms with Crippen LogP contribution in [0.3, 0.4) is 0 Å². The van der Waals surface area contributed by atoms with E-state index in [2.05, 4.69) is 41.6 Å². The Morgan fingerprint density at radius 2 is 1.83 bits per heavy atom. The van der Waals surface area contributed by atoms with Crippen LogP contribution in [-0.2, 0) is 21.4 Å². The van der Waals surface area contributed by atoms with Crippen LogP contribution in [0.1, 0.15) is 51.3 Å². The number of nitrogens with one attached hydrogen (secondary N) is 2. The SMILES string of the molecule is CC(C)(C)c1cc(NC(=O)NCc2ccccc2Sc2ccc3nnc(-c4ccccc4Cl)n3c2)n(-c2cccc(OCCOC3CCCCO3)c2)n1. The standard InChI is InChI=1S/C40H42ClN7O4S/c1-40(2,3)34-24-36(48(46-34)28-12-10-13-29(23-28)50-21-22-52-37-17-8-9-20-51-37)43-39(49)42-25-27-11-4-7-16-33(27)53-30-18-19-35-44-45-38(47(35)26-30)31-14-5-6-15-32(31)41/h4-7,10-16,18-19,23-24,26,37H,8-9,17,20-22,25H2,1-3H3,(H2,42,43,49). The number of hydrogen-bond acceptors (Lipinski definition) is 8. The predicted octanol–water partition coefficient (Wildman–Crippen LogP) is 8.93. The van der Waals surface area contributed by atoms with Crippen LogP contribution in [0.15, 0.2) is 107 Å². The number of fused-ring (bicyclic) bond motifs is 1. The molecule has 0 saturated carbocycles. The zero-order valence-corrected chi connectivity index (χ0v) is 31.5. The maximum atomic E-state index is 13.4. The highest BCUT2D eigenvalue weighted by Gasteiger charge is 2.22. The first-order chi connectivity index (χ1) is 25.7. The number of aromatic nitrogens is 5. The second kappa shape index (κ2) is 16.4. The average Bonchev–Trinajstić information content (AvgIpc) is 3.78. The fourth-order valence-corrected chi connectivity index (χ4v) is 7.08. The van der Waals surface area contributed by atoms with Gasteiger partial charge in [0.2, 0.25) is 0 Å². The Labute approximate surface area is 318 Å². The highest BCUT2D eigenvalue weighted by atomic mass is 35.5. The molecule has 0 aliphatic carbocycles. The molecule has 274 valence electrons. The number of anilines is 1. The Morgan fingerprint density at radius 1 is 0.981 bits per heavy atom. The van der Waals surface area contributed by atoms with E-state index >= 15 is 0 Å². The number of carbonyl (C=O) groups excluding carboxylic acids is 1. The Morgan fingerprint density at radius 3 is 2.66 bits per heavy atom. The average molecular weight is 752 g/mol. The topological polar surface area (TPSA) is 117 Å². The molecule has 1 fully saturated rings. The van der Waals surface area contributed by atoms with Crippen LogP contribution < -0.4 is 15.4 Å². The first-order valence-corrected chi connectivity index (χ1v) is 18.9. The van der Waals surface area contributed by atoms with Gasteiger partial charge in [-0.15, -0.1) is 10.2 Å². The Balaban J connectivity index is 1.02. The second-order valence-electron chi connectivity index (χ2n) is 13.7. The molecule has 2 amide bonds. The molecular weight excluding hydrogens is 710 g/mol. The number of amides is 2. The van der Waals surface area contributed by atoms with E-state index in [1.807, 2.05) is 102 Å². The van der Waals surface area contributed by atoms with Crippen molar-refractivity contribution < 1.29 is 19.0 Å². The lowest BCUT2D eigenvalue weighted by molar-refractivity contribution is -0.165. The molecule has 1 saturated heterocycles. The number of benzene rings is 3. The van der Waals surface area contributed by atoms with Crippen molar-refractivity contribution in [1.29, 1.82) is 0 Å². The Kier molecular flexibility index (Phi) is 11.3. The van der Waals surface area contributed by atoms with E-state index in [4.69, 9.17) is 30.9 Å². The smallest absolute Gasteiger partial charge is 0.320 e. The van der Waals surface area contributed by atoms with Gasteiger partial charge in [-0.3, -0.25) is 9.72 Å². The highest BCUT2D eigenvalue weighted by Crippen LogP contribution is 2.33. The van der Waals surface area contributed by atoms with E-state index in [-0.39, 0.29) is 17.7 Å². The molecule has 1 atom stereocenters. The molecule has 53 heavy (non-hydrogen) atoms. The lowest BCUT2D eigenvalue weighted by atomic mass is 9.92. The number of rotatable bonds is 12. The molecule has 6 aromatic rings. The molecule has 2 N–H and O–H groups in total. The van der Waals surface area contributed by atoms with Gasteiger partial charge in [-0.25, -0.2) is 9.48 Å². The number of hydrogen-bond donors (Lipinski definition) is 2. The van der Waals surface area contributed by atoms with Gasteiger partial charge in [-0.2, -0.15) is 5.10 Å². The third-order valence-corrected chi connectivity index (χ3v) is 10.1. The van der Waals surface area contributed by atoms with E-state index in [0.717, 1.165) is 63.8 Å². The largest absolute Gasteiger partial charge is 0.491 e. The number of ether oxygens (including phenoxy) is 3. The minimum absolute atomic E-state index is 0.157. The first-order valence-electron chi connectivity index (χ1n) is 17.7. The highest BCUT2D eigenvalue weighted by molar-refractivity contribution is 7.99. The van der Waals surface area contributed by atoms with Gasteiger partial charge in [0, 0.05) is 52.3 Å². The molecule has 1 unspecified atom stereocenters. The van der Waals surface area contributed by atoms with Crippen molar-refractivity contribution in [2.24, 2.45) is 0 Å². The van der Waals surface area contributed by atoms with Gasteiger partial charge in [0.15, 0.2) is 17.8 Å². The maximum absolute atomic E-state index is 13.4. The monoisotopic (exact) mass is 751 g/mol. The molecule has 0 spiro atoms. The minimum Gasteiger partial charge on any atom is -0.491 e. The van der Waals surface area contributed by atoms with Gasteiger partial charge in [0.05, 0.1) is 23.0 Å². The summed E-state index contributed by atoms with van der Waals surface area (Å²) in [6.07, 6.45) is 4.95. The van der Waals surface area contributed by atoms with Crippen molar-refractivity contribution in [2.45, 2.75) is 68.1 Å². The second-order valence-corrected chi connectivity index (χ2v) is 15.2. The van der Waals surface area contributed by atoms with Crippen molar-refractivity contribution in [3.63, 3.8) is 0 Å². The summed E-state index contributed by atoms with van der Waals surface area (Å²) in [5, 5.41) is 20.3. The van der Waals surface area contributed by atoms with Crippen LogP contribution in [0.4, 0.5) is 10.6 Å². The van der Waals surface area contributed by atoms with E-state index in [9.17, 15) is 4.79 Å². The van der Waals surface area contributed by atoms with Crippen LogP contribution in [0, 0.1) is 0 Å². The maximum Gasteiger partial charge on any atom is 0.320 e. The third kappa shape index (κ3) is 9.02. The molecule has 4 heterocycles. The van der Waals surface area contributed by atoms with E-state index in [1.165, 1.54) is 0 Å². The summed E-state index contributed by atoms with van der Waals surface area (Å²) in [4.78, 5) is 15.4. The molecule has 13 heteroatoms. The Hall–Kier alpha value is -4.88. The van der Waals surface area contributed by atoms with Gasteiger partial charge in [-0.05, 0) is 67.3 Å². The molecule has 1 aliphatic rings. The van der Waals surface area contributed by atoms with Crippen LogP contribution in [0.2, 0.25) is 5.02 Å². The van der Waals surface area contributed by atoms with Crippen LogP contribution in [-0.4, -0.2) is 56.5 Å². The minimum atomic E-state index is -0.351. The number of halogens is 1. The normalized spacial score (nSPS) is 14.7. The fraction of sp³-hybridized carbons (Fsp3) is 0.300. The molecule has 3 aromatic carbocycles. The predicted molar refractivity (Wildman–Crippen MR) is 207 cm³/mol. The molecule has 1 aliphatic heterocycles. The lowest BCUT2D eigenvalue weighted by Gasteiger charge is -2.22. The van der Waals surface area contributed by atoms with Gasteiger partial charge in [0.25, 0.3) is 0 Å². The van der Waals surface area contributed by atoms with Crippen LogP contribution >= 0.6 is 23.4 Å². The first kappa shape index (κ1) is 36.5. The van der Waals surface area contributed by atoms with E-state index in [1.54, 1.807) is 16.4 Å². The van der Waals surface area contributed by atoms with Gasteiger partial charge < -0.3 is 19.5 Å². The summed E-state index contributed by atoms with van der Waals surface area (Å²) in [6.45, 7) is 8.14. The molecule has 0 bridgehead atoms. The Bertz CT molecular complexity index is 2190. The molecule has 0 radical (unpaired) electrons. The molecule has 7 rings (SSSR count). The summed E-state index contributed by atoms with van der Waals surface area (Å²) in [6, 6.07) is 28.7. The van der Waals surface area contributed by atoms with Crippen molar-refractivity contribution in [2.75, 3.05) is 25.1 Å². The van der Waals surface area contributed by atoms with Gasteiger partial charge in [-0.1, -0.05) is 80.5 Å². The van der Waals surface area contributed by atoms with Crippen molar-refractivity contribution in [3.8, 4) is 22.8 Å². The summed E-state index contributed by atoms with van der Waals surface area (Å²) in [5.41, 5.74) is 3.85. The van der Waals surface area contributed by atoms with E-state index in [0.29, 0.717) is 42.2 Å². The summed E-state index contributed by atoms with van der Waals surface area (Å²) in [5.74, 6) is 1.89. The van der Waals surface area contributed by atoms with Crippen LogP contribution in [0.5, 0.6) is 5.75 Å². The summed E-state index contributed by atoms with van der Waals surface area (Å²) < 4.78 is 21.2. The van der Waals surface area contributed by atoms with Crippen molar-refractivity contribution >= 4 is 40.9 Å². The van der Waals surface area contributed by atoms with Crippen LogP contribution in [0.25, 0.3) is 22.7 Å². The molecule has 11 nitrogen and oxygen atoms in total. The molecule has 3 aromatic heterocycles. The zero-order chi connectivity index (χ0) is 36.8. The number of urea groups is 1. The quantitative estimate of drug-likeness (QED) is 0.119. The lowest BCUT2D eigenvalue weighted by Crippen LogP contribution is -2.29. The van der Waals surface area contributed by atoms with Gasteiger partial charge >= 0.3 is 6.03 Å². The fourth-order valence-electron chi connectivity index (χ4n) is 5.89. The number of nitrogens with zero attached hydrogens (tertiary/aromatic N) is 5. The van der Waals surface area contributed by atoms with E-state index < -0.39 is 0 Å². The van der Waals surface area contributed by atoms with Crippen molar-refractivity contribution in [1.82, 2.24) is 29.7 Å². The summed E-state index contributed by atoms with van der Waals surface area (Å²) in [7, 11) is 0. The zero-order valence-electron chi connectivity index (χ0n) is 29.9. The number of pyridine rings is 1.